The zero-order valence-electron chi connectivity index (χ0n) is 24.8. The van der Waals surface area contributed by atoms with Gasteiger partial charge in [0, 0.05) is 36.9 Å². The van der Waals surface area contributed by atoms with Crippen LogP contribution in [0.3, 0.4) is 0 Å². The molecule has 6 rings (SSSR count). The maximum absolute atomic E-state index is 12.2. The lowest BCUT2D eigenvalue weighted by Crippen LogP contribution is -2.54. The van der Waals surface area contributed by atoms with Gasteiger partial charge in [0.2, 0.25) is 11.7 Å². The molecule has 9 nitrogen and oxygen atoms in total. The molecule has 3 aromatic rings. The molecule has 1 unspecified atom stereocenters. The molecule has 3 heterocycles. The van der Waals surface area contributed by atoms with Crippen molar-refractivity contribution in [1.29, 1.82) is 0 Å². The third-order valence-corrected chi connectivity index (χ3v) is 8.57. The van der Waals surface area contributed by atoms with Gasteiger partial charge in [0.15, 0.2) is 5.79 Å². The van der Waals surface area contributed by atoms with Crippen LogP contribution in [0.4, 0.5) is 0 Å². The lowest BCUT2D eigenvalue weighted by atomic mass is 9.62. The number of aromatic nitrogens is 2. The van der Waals surface area contributed by atoms with E-state index in [0.29, 0.717) is 50.2 Å². The summed E-state index contributed by atoms with van der Waals surface area (Å²) in [5, 5.41) is 6.00. The minimum Gasteiger partial charge on any atom is -0.460 e. The SMILES string of the molecule is CC(C)(C)OC(=O)C1CN(Oc2ccc(-c3noc(CCCC4(c5ccccc5)CCCCC45OCCO5)n3)cc2)C1. The Morgan fingerprint density at radius 1 is 1.00 bits per heavy atom. The molecule has 1 aliphatic carbocycles. The Hall–Kier alpha value is -3.27. The third kappa shape index (κ3) is 5.96. The molecule has 0 bridgehead atoms. The number of benzene rings is 2. The largest absolute Gasteiger partial charge is 0.460 e. The van der Waals surface area contributed by atoms with E-state index in [-0.39, 0.29) is 17.3 Å². The van der Waals surface area contributed by atoms with Crippen LogP contribution >= 0.6 is 0 Å². The highest BCUT2D eigenvalue weighted by atomic mass is 16.7. The summed E-state index contributed by atoms with van der Waals surface area (Å²) >= 11 is 0. The van der Waals surface area contributed by atoms with Crippen LogP contribution in [0.1, 0.15) is 70.8 Å². The van der Waals surface area contributed by atoms with Crippen LogP contribution in [-0.4, -0.2) is 58.9 Å². The van der Waals surface area contributed by atoms with Crippen molar-refractivity contribution < 1.29 is 28.4 Å². The van der Waals surface area contributed by atoms with Crippen molar-refractivity contribution >= 4 is 5.97 Å². The molecular formula is C33H41N3O6. The molecule has 1 spiro atoms. The molecule has 0 amide bonds. The third-order valence-electron chi connectivity index (χ3n) is 8.57. The summed E-state index contributed by atoms with van der Waals surface area (Å²) in [6.45, 7) is 7.94. The number of hydrogen-bond acceptors (Lipinski definition) is 9. The molecule has 224 valence electrons. The molecule has 1 aromatic heterocycles. The fourth-order valence-electron chi connectivity index (χ4n) is 6.55. The maximum Gasteiger partial charge on any atom is 0.312 e. The van der Waals surface area contributed by atoms with Gasteiger partial charge in [-0.25, -0.2) is 0 Å². The molecule has 3 fully saturated rings. The number of carbonyl (C=O) groups excluding carboxylic acids is 1. The molecule has 2 aromatic carbocycles. The fourth-order valence-corrected chi connectivity index (χ4v) is 6.55. The van der Waals surface area contributed by atoms with Crippen molar-refractivity contribution in [3.8, 4) is 17.1 Å². The monoisotopic (exact) mass is 575 g/mol. The molecule has 0 N–H and O–H groups in total. The van der Waals surface area contributed by atoms with E-state index in [1.165, 1.54) is 5.56 Å². The van der Waals surface area contributed by atoms with E-state index in [1.807, 2.05) is 45.0 Å². The molecule has 3 aliphatic rings. The first-order valence-electron chi connectivity index (χ1n) is 15.2. The van der Waals surface area contributed by atoms with Crippen LogP contribution in [0.25, 0.3) is 11.4 Å². The van der Waals surface area contributed by atoms with Gasteiger partial charge in [0.1, 0.15) is 11.4 Å². The highest BCUT2D eigenvalue weighted by Crippen LogP contribution is 2.53. The fraction of sp³-hybridized carbons (Fsp3) is 0.545. The van der Waals surface area contributed by atoms with Gasteiger partial charge in [0.25, 0.3) is 0 Å². The molecule has 9 heteroatoms. The molecule has 42 heavy (non-hydrogen) atoms. The molecule has 1 atom stereocenters. The van der Waals surface area contributed by atoms with E-state index < -0.39 is 11.4 Å². The minimum atomic E-state index is -0.552. The Morgan fingerprint density at radius 3 is 2.43 bits per heavy atom. The second-order valence-corrected chi connectivity index (χ2v) is 12.7. The maximum atomic E-state index is 12.2. The van der Waals surface area contributed by atoms with Crippen molar-refractivity contribution in [1.82, 2.24) is 15.2 Å². The Kier molecular flexibility index (Phi) is 8.09. The van der Waals surface area contributed by atoms with E-state index in [2.05, 4.69) is 40.5 Å². The van der Waals surface area contributed by atoms with Gasteiger partial charge < -0.3 is 23.6 Å². The van der Waals surface area contributed by atoms with Crippen molar-refractivity contribution in [3.05, 3.63) is 66.1 Å². The van der Waals surface area contributed by atoms with Gasteiger partial charge in [-0.15, -0.1) is 5.06 Å². The van der Waals surface area contributed by atoms with Crippen molar-refractivity contribution in [2.75, 3.05) is 26.3 Å². The number of rotatable bonds is 9. The second-order valence-electron chi connectivity index (χ2n) is 12.7. The number of carbonyl (C=O) groups is 1. The zero-order valence-corrected chi connectivity index (χ0v) is 24.8. The summed E-state index contributed by atoms with van der Waals surface area (Å²) in [6.07, 6.45) is 6.75. The number of ether oxygens (including phenoxy) is 3. The van der Waals surface area contributed by atoms with Gasteiger partial charge in [-0.1, -0.05) is 41.9 Å². The van der Waals surface area contributed by atoms with Crippen molar-refractivity contribution in [3.63, 3.8) is 0 Å². The number of nitrogens with zero attached hydrogens (tertiary/aromatic N) is 3. The van der Waals surface area contributed by atoms with Gasteiger partial charge in [-0.3, -0.25) is 4.79 Å². The second kappa shape index (κ2) is 11.8. The van der Waals surface area contributed by atoms with Gasteiger partial charge in [-0.05, 0) is 76.3 Å². The summed E-state index contributed by atoms with van der Waals surface area (Å²) in [6, 6.07) is 18.3. The first-order chi connectivity index (χ1) is 20.3. The predicted molar refractivity (Wildman–Crippen MR) is 155 cm³/mol. The van der Waals surface area contributed by atoms with Gasteiger partial charge in [0.05, 0.1) is 19.1 Å². The van der Waals surface area contributed by atoms with Crippen molar-refractivity contribution in [2.24, 2.45) is 5.92 Å². The first-order valence-corrected chi connectivity index (χ1v) is 15.2. The lowest BCUT2D eigenvalue weighted by Gasteiger charge is -2.50. The Balaban J connectivity index is 1.04. The Morgan fingerprint density at radius 2 is 1.71 bits per heavy atom. The normalized spacial score (nSPS) is 22.6. The molecule has 0 radical (unpaired) electrons. The molecular weight excluding hydrogens is 534 g/mol. The zero-order chi connectivity index (χ0) is 29.2. The number of aryl methyl sites for hydroxylation is 1. The van der Waals surface area contributed by atoms with E-state index in [0.717, 1.165) is 44.1 Å². The van der Waals surface area contributed by atoms with Crippen LogP contribution in [0.15, 0.2) is 59.1 Å². The Labute approximate surface area is 247 Å². The summed E-state index contributed by atoms with van der Waals surface area (Å²) in [4.78, 5) is 22.8. The summed E-state index contributed by atoms with van der Waals surface area (Å²) in [7, 11) is 0. The smallest absolute Gasteiger partial charge is 0.312 e. The molecule has 2 aliphatic heterocycles. The summed E-state index contributed by atoms with van der Waals surface area (Å²) in [5.74, 6) is 0.975. The quantitative estimate of drug-likeness (QED) is 0.290. The van der Waals surface area contributed by atoms with Crippen LogP contribution in [0.5, 0.6) is 5.75 Å². The lowest BCUT2D eigenvalue weighted by molar-refractivity contribution is -0.229. The Bertz CT molecular complexity index is 1340. The summed E-state index contributed by atoms with van der Waals surface area (Å²) < 4.78 is 23.9. The van der Waals surface area contributed by atoms with Gasteiger partial charge >= 0.3 is 5.97 Å². The highest BCUT2D eigenvalue weighted by molar-refractivity contribution is 5.74. The van der Waals surface area contributed by atoms with Crippen LogP contribution in [0, 0.1) is 5.92 Å². The van der Waals surface area contributed by atoms with E-state index in [4.69, 9.17) is 23.6 Å². The average Bonchev–Trinajstić information content (AvgIpc) is 3.62. The molecule has 2 saturated heterocycles. The van der Waals surface area contributed by atoms with Crippen LogP contribution in [0.2, 0.25) is 0 Å². The van der Waals surface area contributed by atoms with Gasteiger partial charge in [-0.2, -0.15) is 4.98 Å². The predicted octanol–water partition coefficient (Wildman–Crippen LogP) is 5.88. The van der Waals surface area contributed by atoms with E-state index >= 15 is 0 Å². The van der Waals surface area contributed by atoms with E-state index in [9.17, 15) is 4.79 Å². The van der Waals surface area contributed by atoms with Crippen molar-refractivity contribution in [2.45, 2.75) is 82.5 Å². The first kappa shape index (κ1) is 28.8. The minimum absolute atomic E-state index is 0.161. The topological polar surface area (TPSA) is 96.2 Å². The van der Waals surface area contributed by atoms with E-state index in [1.54, 1.807) is 5.06 Å². The number of hydrogen-bond donors (Lipinski definition) is 0. The average molecular weight is 576 g/mol. The number of esters is 1. The highest BCUT2D eigenvalue weighted by Gasteiger charge is 2.57. The standard InChI is InChI=1S/C33H41N3O6/c1-31(2,3)40-30(37)25-22-36(23-25)42-27-15-13-24(14-16-27)29-34-28(41-35-29)12-9-18-32(26-10-5-4-6-11-26)17-7-8-19-33(32)38-20-21-39-33/h4-6,10-11,13-16,25H,7-9,12,17-23H2,1-3H3. The summed E-state index contributed by atoms with van der Waals surface area (Å²) in [5.41, 5.74) is 1.47. The molecule has 1 saturated carbocycles. The van der Waals surface area contributed by atoms with Crippen LogP contribution in [-0.2, 0) is 30.8 Å². The number of hydroxylamine groups is 2. The van der Waals surface area contributed by atoms with Crippen LogP contribution < -0.4 is 4.84 Å².